The van der Waals surface area contributed by atoms with E-state index in [4.69, 9.17) is 23.2 Å². The molecule has 0 amide bonds. The second-order valence-electron chi connectivity index (χ2n) is 4.87. The smallest absolute Gasteiger partial charge is 0.178 e. The number of rotatable bonds is 3. The molecule has 0 atom stereocenters. The van der Waals surface area contributed by atoms with Crippen LogP contribution in [0.15, 0.2) is 48.7 Å². The Bertz CT molecular complexity index is 796. The minimum atomic E-state index is -1.46. The zero-order valence-corrected chi connectivity index (χ0v) is 12.5. The maximum atomic E-state index is 9.21. The summed E-state index contributed by atoms with van der Waals surface area (Å²) in [6, 6.07) is 12.7. The Morgan fingerprint density at radius 3 is 2.52 bits per heavy atom. The van der Waals surface area contributed by atoms with Crippen LogP contribution in [0.25, 0.3) is 10.9 Å². The molecule has 1 aromatic heterocycles. The Hall–Kier alpha value is -1.52. The van der Waals surface area contributed by atoms with E-state index in [0.29, 0.717) is 22.2 Å². The number of hydrogen-bond acceptors (Lipinski definition) is 2. The molecule has 0 aliphatic rings. The quantitative estimate of drug-likeness (QED) is 0.717. The van der Waals surface area contributed by atoms with E-state index in [2.05, 4.69) is 4.57 Å². The van der Waals surface area contributed by atoms with Crippen molar-refractivity contribution in [3.63, 3.8) is 0 Å². The number of aliphatic hydroxyl groups is 2. The lowest BCUT2D eigenvalue weighted by Crippen LogP contribution is -1.99. The van der Waals surface area contributed by atoms with Crippen LogP contribution >= 0.6 is 23.2 Å². The average molecular weight is 322 g/mol. The van der Waals surface area contributed by atoms with E-state index in [9.17, 15) is 10.2 Å². The van der Waals surface area contributed by atoms with E-state index in [1.807, 2.05) is 30.5 Å². The second-order valence-corrected chi connectivity index (χ2v) is 5.71. The lowest BCUT2D eigenvalue weighted by molar-refractivity contribution is -0.0423. The predicted octanol–water partition coefficient (Wildman–Crippen LogP) is 3.98. The van der Waals surface area contributed by atoms with E-state index < -0.39 is 6.29 Å². The van der Waals surface area contributed by atoms with Gasteiger partial charge >= 0.3 is 0 Å². The van der Waals surface area contributed by atoms with Gasteiger partial charge in [0.2, 0.25) is 0 Å². The van der Waals surface area contributed by atoms with Crippen molar-refractivity contribution in [1.29, 1.82) is 0 Å². The van der Waals surface area contributed by atoms with Crippen molar-refractivity contribution >= 4 is 34.1 Å². The van der Waals surface area contributed by atoms with Crippen molar-refractivity contribution in [3.8, 4) is 0 Å². The fourth-order valence-corrected chi connectivity index (χ4v) is 2.82. The molecule has 3 rings (SSSR count). The number of halogens is 2. The summed E-state index contributed by atoms with van der Waals surface area (Å²) in [6.07, 6.45) is 0.492. The number of aromatic nitrogens is 1. The van der Waals surface area contributed by atoms with Crippen molar-refractivity contribution in [1.82, 2.24) is 4.57 Å². The molecule has 0 bridgehead atoms. The Labute approximate surface area is 132 Å². The number of benzene rings is 2. The summed E-state index contributed by atoms with van der Waals surface area (Å²) in [5.74, 6) is 0. The van der Waals surface area contributed by atoms with Gasteiger partial charge in [-0.1, -0.05) is 35.3 Å². The van der Waals surface area contributed by atoms with E-state index in [1.165, 1.54) is 0 Å². The van der Waals surface area contributed by atoms with Gasteiger partial charge in [0.15, 0.2) is 6.29 Å². The molecule has 0 spiro atoms. The third kappa shape index (κ3) is 2.92. The second kappa shape index (κ2) is 5.70. The van der Waals surface area contributed by atoms with Crippen molar-refractivity contribution in [2.24, 2.45) is 0 Å². The molecule has 21 heavy (non-hydrogen) atoms. The van der Waals surface area contributed by atoms with E-state index >= 15 is 0 Å². The Balaban J connectivity index is 1.97. The van der Waals surface area contributed by atoms with E-state index in [0.717, 1.165) is 16.5 Å². The van der Waals surface area contributed by atoms with Gasteiger partial charge in [-0.15, -0.1) is 0 Å². The highest BCUT2D eigenvalue weighted by Gasteiger charge is 2.08. The highest BCUT2D eigenvalue weighted by Crippen LogP contribution is 2.25. The number of hydrogen-bond donors (Lipinski definition) is 2. The Morgan fingerprint density at radius 1 is 1.00 bits per heavy atom. The predicted molar refractivity (Wildman–Crippen MR) is 84.7 cm³/mol. The minimum absolute atomic E-state index is 0.477. The lowest BCUT2D eigenvalue weighted by atomic mass is 10.1. The van der Waals surface area contributed by atoms with Crippen LogP contribution in [-0.2, 0) is 6.54 Å². The van der Waals surface area contributed by atoms with Crippen molar-refractivity contribution < 1.29 is 10.2 Å². The van der Waals surface area contributed by atoms with Gasteiger partial charge in [0.1, 0.15) is 0 Å². The van der Waals surface area contributed by atoms with Crippen molar-refractivity contribution in [3.05, 3.63) is 69.8 Å². The lowest BCUT2D eigenvalue weighted by Gasteiger charge is -2.09. The van der Waals surface area contributed by atoms with Gasteiger partial charge in [-0.2, -0.15) is 0 Å². The zero-order valence-electron chi connectivity index (χ0n) is 11.0. The summed E-state index contributed by atoms with van der Waals surface area (Å²) >= 11 is 12.1. The van der Waals surface area contributed by atoms with Crippen LogP contribution in [0.2, 0.25) is 10.0 Å². The van der Waals surface area contributed by atoms with Crippen LogP contribution in [0.3, 0.4) is 0 Å². The summed E-state index contributed by atoms with van der Waals surface area (Å²) in [5, 5.41) is 20.6. The van der Waals surface area contributed by atoms with Gasteiger partial charge in [-0.25, -0.2) is 0 Å². The molecule has 5 heteroatoms. The molecule has 1 heterocycles. The molecule has 0 radical (unpaired) electrons. The number of aliphatic hydroxyl groups excluding tert-OH is 1. The molecule has 3 aromatic rings. The molecule has 0 unspecified atom stereocenters. The Morgan fingerprint density at radius 2 is 1.81 bits per heavy atom. The monoisotopic (exact) mass is 321 g/mol. The molecule has 2 N–H and O–H groups in total. The molecular formula is C16H13Cl2NO2. The van der Waals surface area contributed by atoms with Gasteiger partial charge in [0.05, 0.1) is 0 Å². The first-order chi connectivity index (χ1) is 10.0. The van der Waals surface area contributed by atoms with Crippen molar-refractivity contribution in [2.75, 3.05) is 0 Å². The highest BCUT2D eigenvalue weighted by molar-refractivity contribution is 6.35. The van der Waals surface area contributed by atoms with Crippen LogP contribution in [0.1, 0.15) is 17.4 Å². The first-order valence-electron chi connectivity index (χ1n) is 6.43. The van der Waals surface area contributed by atoms with Crippen molar-refractivity contribution in [2.45, 2.75) is 12.8 Å². The summed E-state index contributed by atoms with van der Waals surface area (Å²) in [4.78, 5) is 0. The van der Waals surface area contributed by atoms with Gasteiger partial charge < -0.3 is 14.8 Å². The fourth-order valence-electron chi connectivity index (χ4n) is 2.35. The van der Waals surface area contributed by atoms with Crippen LogP contribution in [0.5, 0.6) is 0 Å². The third-order valence-electron chi connectivity index (χ3n) is 3.45. The molecular weight excluding hydrogens is 309 g/mol. The summed E-state index contributed by atoms with van der Waals surface area (Å²) < 4.78 is 2.05. The SMILES string of the molecule is OC(O)c1ccc2c(ccn2Cc2ccc(Cl)cc2Cl)c1. The molecule has 0 saturated carbocycles. The molecule has 108 valence electrons. The zero-order chi connectivity index (χ0) is 15.0. The van der Waals surface area contributed by atoms with Gasteiger partial charge in [-0.05, 0) is 35.9 Å². The van der Waals surface area contributed by atoms with Crippen LogP contribution < -0.4 is 0 Å². The average Bonchev–Trinajstić information content (AvgIpc) is 2.84. The highest BCUT2D eigenvalue weighted by atomic mass is 35.5. The maximum Gasteiger partial charge on any atom is 0.178 e. The summed E-state index contributed by atoms with van der Waals surface area (Å²) in [7, 11) is 0. The summed E-state index contributed by atoms with van der Waals surface area (Å²) in [6.45, 7) is 0.626. The molecule has 0 saturated heterocycles. The fraction of sp³-hybridized carbons (Fsp3) is 0.125. The Kier molecular flexibility index (Phi) is 3.91. The topological polar surface area (TPSA) is 45.4 Å². The molecule has 2 aromatic carbocycles. The number of nitrogens with zero attached hydrogens (tertiary/aromatic N) is 1. The standard InChI is InChI=1S/C16H13Cl2NO2/c17-13-3-1-12(14(18)8-13)9-19-6-5-10-7-11(16(20)21)2-4-15(10)19/h1-8,16,20-21H,9H2. The van der Waals surface area contributed by atoms with Gasteiger partial charge in [0.25, 0.3) is 0 Å². The van der Waals surface area contributed by atoms with Crippen LogP contribution in [0, 0.1) is 0 Å². The minimum Gasteiger partial charge on any atom is -0.364 e. The molecule has 0 aliphatic heterocycles. The first-order valence-corrected chi connectivity index (χ1v) is 7.19. The number of fused-ring (bicyclic) bond motifs is 1. The van der Waals surface area contributed by atoms with Crippen LogP contribution in [-0.4, -0.2) is 14.8 Å². The van der Waals surface area contributed by atoms with E-state index in [1.54, 1.807) is 18.2 Å². The molecule has 0 aliphatic carbocycles. The molecule has 3 nitrogen and oxygen atoms in total. The third-order valence-corrected chi connectivity index (χ3v) is 4.04. The maximum absolute atomic E-state index is 9.21. The summed E-state index contributed by atoms with van der Waals surface area (Å²) in [5.41, 5.74) is 2.46. The van der Waals surface area contributed by atoms with Crippen LogP contribution in [0.4, 0.5) is 0 Å². The van der Waals surface area contributed by atoms with Gasteiger partial charge in [-0.3, -0.25) is 0 Å². The normalized spacial score (nSPS) is 11.5. The largest absolute Gasteiger partial charge is 0.364 e. The van der Waals surface area contributed by atoms with E-state index in [-0.39, 0.29) is 0 Å². The first kappa shape index (κ1) is 14.4. The van der Waals surface area contributed by atoms with Gasteiger partial charge in [0, 0.05) is 39.3 Å². The molecule has 0 fully saturated rings.